The van der Waals surface area contributed by atoms with Gasteiger partial charge in [-0.3, -0.25) is 4.90 Å². The SMILES string of the molecule is O=C(Oc1cccc(N2CCS(=O)(=O)CC2)c1)N1CCN(Cc2cccc(Oc3ccccc3)c2)CC1. The van der Waals surface area contributed by atoms with Gasteiger partial charge in [0.25, 0.3) is 0 Å². The van der Waals surface area contributed by atoms with Crippen LogP contribution in [0.25, 0.3) is 0 Å². The zero-order valence-electron chi connectivity index (χ0n) is 20.7. The minimum Gasteiger partial charge on any atom is -0.457 e. The minimum atomic E-state index is -2.95. The van der Waals surface area contributed by atoms with E-state index in [1.54, 1.807) is 17.0 Å². The summed E-state index contributed by atoms with van der Waals surface area (Å²) in [5.41, 5.74) is 2.02. The Morgan fingerprint density at radius 1 is 0.730 bits per heavy atom. The van der Waals surface area contributed by atoms with Crippen LogP contribution >= 0.6 is 0 Å². The van der Waals surface area contributed by atoms with Crippen molar-refractivity contribution in [3.63, 3.8) is 0 Å². The van der Waals surface area contributed by atoms with Gasteiger partial charge in [-0.05, 0) is 42.0 Å². The number of ether oxygens (including phenoxy) is 2. The van der Waals surface area contributed by atoms with E-state index in [0.29, 0.717) is 31.9 Å². The molecule has 0 aliphatic carbocycles. The van der Waals surface area contributed by atoms with Crippen molar-refractivity contribution < 1.29 is 22.7 Å². The first-order chi connectivity index (χ1) is 17.9. The van der Waals surface area contributed by atoms with Crippen molar-refractivity contribution >= 4 is 21.6 Å². The third-order valence-corrected chi connectivity index (χ3v) is 8.26. The molecule has 0 unspecified atom stereocenters. The summed E-state index contributed by atoms with van der Waals surface area (Å²) in [7, 11) is -2.95. The van der Waals surface area contributed by atoms with E-state index in [9.17, 15) is 13.2 Å². The Hall–Kier alpha value is -3.56. The molecular weight excluding hydrogens is 490 g/mol. The molecule has 0 atom stereocenters. The van der Waals surface area contributed by atoms with Crippen molar-refractivity contribution in [3.8, 4) is 17.2 Å². The largest absolute Gasteiger partial charge is 0.457 e. The summed E-state index contributed by atoms with van der Waals surface area (Å²) in [6, 6.07) is 25.1. The Balaban J connectivity index is 1.11. The highest BCUT2D eigenvalue weighted by molar-refractivity contribution is 7.91. The molecule has 194 valence electrons. The fourth-order valence-corrected chi connectivity index (χ4v) is 5.76. The van der Waals surface area contributed by atoms with Gasteiger partial charge in [0, 0.05) is 57.6 Å². The van der Waals surface area contributed by atoms with Gasteiger partial charge in [-0.15, -0.1) is 0 Å². The van der Waals surface area contributed by atoms with Gasteiger partial charge < -0.3 is 19.3 Å². The lowest BCUT2D eigenvalue weighted by atomic mass is 10.2. The van der Waals surface area contributed by atoms with E-state index in [0.717, 1.165) is 42.4 Å². The average molecular weight is 522 g/mol. The molecule has 0 aromatic heterocycles. The van der Waals surface area contributed by atoms with Crippen LogP contribution in [0.4, 0.5) is 10.5 Å². The summed E-state index contributed by atoms with van der Waals surface area (Å²) < 4.78 is 35.0. The number of piperazine rings is 1. The molecule has 9 heteroatoms. The first-order valence-corrected chi connectivity index (χ1v) is 14.3. The number of benzene rings is 3. The molecule has 2 saturated heterocycles. The molecule has 0 saturated carbocycles. The maximum Gasteiger partial charge on any atom is 0.415 e. The molecule has 2 aliphatic heterocycles. The molecule has 2 fully saturated rings. The molecule has 3 aromatic carbocycles. The average Bonchev–Trinajstić information content (AvgIpc) is 2.90. The lowest BCUT2D eigenvalue weighted by Crippen LogP contribution is -2.49. The fourth-order valence-electron chi connectivity index (χ4n) is 4.56. The van der Waals surface area contributed by atoms with Crippen LogP contribution in [0.1, 0.15) is 5.56 Å². The summed E-state index contributed by atoms with van der Waals surface area (Å²) >= 11 is 0. The Bertz CT molecular complexity index is 1310. The van der Waals surface area contributed by atoms with Crippen LogP contribution < -0.4 is 14.4 Å². The zero-order valence-corrected chi connectivity index (χ0v) is 21.5. The summed E-state index contributed by atoms with van der Waals surface area (Å²) in [5.74, 6) is 2.37. The van der Waals surface area contributed by atoms with E-state index >= 15 is 0 Å². The number of carbonyl (C=O) groups is 1. The van der Waals surface area contributed by atoms with Crippen molar-refractivity contribution in [2.24, 2.45) is 0 Å². The maximum atomic E-state index is 12.8. The predicted octanol–water partition coefficient (Wildman–Crippen LogP) is 4.03. The summed E-state index contributed by atoms with van der Waals surface area (Å²) in [6.07, 6.45) is -0.365. The van der Waals surface area contributed by atoms with E-state index in [-0.39, 0.29) is 17.6 Å². The molecule has 8 nitrogen and oxygen atoms in total. The van der Waals surface area contributed by atoms with E-state index < -0.39 is 9.84 Å². The Morgan fingerprint density at radius 3 is 2.16 bits per heavy atom. The zero-order chi connectivity index (χ0) is 25.7. The molecule has 2 heterocycles. The van der Waals surface area contributed by atoms with Crippen LogP contribution in [0.2, 0.25) is 0 Å². The molecule has 0 bridgehead atoms. The van der Waals surface area contributed by atoms with Gasteiger partial charge in [0.15, 0.2) is 9.84 Å². The number of rotatable bonds is 6. The number of hydrogen-bond acceptors (Lipinski definition) is 7. The Labute approximate surface area is 217 Å². The predicted molar refractivity (Wildman–Crippen MR) is 143 cm³/mol. The summed E-state index contributed by atoms with van der Waals surface area (Å²) in [5, 5.41) is 0. The molecule has 0 radical (unpaired) electrons. The molecule has 0 N–H and O–H groups in total. The number of carbonyl (C=O) groups excluding carboxylic acids is 1. The van der Waals surface area contributed by atoms with E-state index in [1.807, 2.05) is 59.5 Å². The summed E-state index contributed by atoms with van der Waals surface area (Å²) in [6.45, 7) is 4.35. The molecule has 2 aliphatic rings. The van der Waals surface area contributed by atoms with Gasteiger partial charge in [-0.2, -0.15) is 0 Å². The molecule has 1 amide bonds. The molecule has 0 spiro atoms. The van der Waals surface area contributed by atoms with Gasteiger partial charge in [0.2, 0.25) is 0 Å². The monoisotopic (exact) mass is 521 g/mol. The maximum absolute atomic E-state index is 12.8. The lowest BCUT2D eigenvalue weighted by Gasteiger charge is -2.34. The van der Waals surface area contributed by atoms with Crippen molar-refractivity contribution in [1.29, 1.82) is 0 Å². The first kappa shape index (κ1) is 25.1. The molecule has 5 rings (SSSR count). The quantitative estimate of drug-likeness (QED) is 0.485. The van der Waals surface area contributed by atoms with E-state index in [4.69, 9.17) is 9.47 Å². The van der Waals surface area contributed by atoms with Crippen molar-refractivity contribution in [3.05, 3.63) is 84.4 Å². The molecule has 37 heavy (non-hydrogen) atoms. The second-order valence-electron chi connectivity index (χ2n) is 9.33. The van der Waals surface area contributed by atoms with Crippen LogP contribution in [0.15, 0.2) is 78.9 Å². The van der Waals surface area contributed by atoms with Gasteiger partial charge in [0.05, 0.1) is 11.5 Å². The van der Waals surface area contributed by atoms with Crippen LogP contribution in [0.5, 0.6) is 17.2 Å². The number of sulfone groups is 1. The normalized spacial score (nSPS) is 17.8. The smallest absolute Gasteiger partial charge is 0.415 e. The highest BCUT2D eigenvalue weighted by atomic mass is 32.2. The standard InChI is InChI=1S/C28H31N3O5S/c32-28(36-27-11-5-7-24(21-27)30-16-18-37(33,34)19-17-30)31-14-12-29(13-15-31)22-23-6-4-10-26(20-23)35-25-8-2-1-3-9-25/h1-11,20-21H,12-19,22H2. The van der Waals surface area contributed by atoms with Crippen molar-refractivity contribution in [2.75, 3.05) is 55.7 Å². The number of nitrogens with zero attached hydrogens (tertiary/aromatic N) is 3. The molecular formula is C28H31N3O5S. The van der Waals surface area contributed by atoms with E-state index in [2.05, 4.69) is 17.0 Å². The third kappa shape index (κ3) is 6.81. The second-order valence-corrected chi connectivity index (χ2v) is 11.6. The summed E-state index contributed by atoms with van der Waals surface area (Å²) in [4.78, 5) is 18.9. The minimum absolute atomic E-state index is 0.144. The number of amides is 1. The number of anilines is 1. The van der Waals surface area contributed by atoms with Gasteiger partial charge in [-0.25, -0.2) is 13.2 Å². The number of para-hydroxylation sites is 1. The number of hydrogen-bond donors (Lipinski definition) is 0. The van der Waals surface area contributed by atoms with Gasteiger partial charge >= 0.3 is 6.09 Å². The Morgan fingerprint density at radius 2 is 1.41 bits per heavy atom. The Kier molecular flexibility index (Phi) is 7.62. The van der Waals surface area contributed by atoms with Crippen LogP contribution in [0.3, 0.4) is 0 Å². The fraction of sp³-hybridized carbons (Fsp3) is 0.321. The van der Waals surface area contributed by atoms with Crippen LogP contribution in [0, 0.1) is 0 Å². The second kappa shape index (κ2) is 11.2. The van der Waals surface area contributed by atoms with E-state index in [1.165, 1.54) is 0 Å². The first-order valence-electron chi connectivity index (χ1n) is 12.5. The van der Waals surface area contributed by atoms with Gasteiger partial charge in [-0.1, -0.05) is 36.4 Å². The van der Waals surface area contributed by atoms with Gasteiger partial charge in [0.1, 0.15) is 17.2 Å². The van der Waals surface area contributed by atoms with Crippen LogP contribution in [-0.2, 0) is 16.4 Å². The molecule has 3 aromatic rings. The third-order valence-electron chi connectivity index (χ3n) is 6.65. The lowest BCUT2D eigenvalue weighted by molar-refractivity contribution is 0.108. The topological polar surface area (TPSA) is 79.4 Å². The highest BCUT2D eigenvalue weighted by Gasteiger charge is 2.24. The van der Waals surface area contributed by atoms with Crippen molar-refractivity contribution in [2.45, 2.75) is 6.54 Å². The van der Waals surface area contributed by atoms with Crippen molar-refractivity contribution in [1.82, 2.24) is 9.80 Å². The highest BCUT2D eigenvalue weighted by Crippen LogP contribution is 2.25. The van der Waals surface area contributed by atoms with Crippen LogP contribution in [-0.4, -0.2) is 75.1 Å².